The number of pyridine rings is 1. The minimum atomic E-state index is -3.47. The lowest BCUT2D eigenvalue weighted by Crippen LogP contribution is -2.34. The maximum Gasteiger partial charge on any atom is 0.244 e. The highest BCUT2D eigenvalue weighted by molar-refractivity contribution is 9.10. The summed E-state index contributed by atoms with van der Waals surface area (Å²) in [6.45, 7) is 2.93. The summed E-state index contributed by atoms with van der Waals surface area (Å²) in [5.74, 6) is 0.245. The van der Waals surface area contributed by atoms with Gasteiger partial charge in [-0.15, -0.1) is 12.4 Å². The second-order valence-corrected chi connectivity index (χ2v) is 7.41. The largest absolute Gasteiger partial charge is 0.330 e. The lowest BCUT2D eigenvalue weighted by molar-refractivity contribution is 0.404. The van der Waals surface area contributed by atoms with E-state index >= 15 is 0 Å². The van der Waals surface area contributed by atoms with Gasteiger partial charge in [0.05, 0.1) is 0 Å². The summed E-state index contributed by atoms with van der Waals surface area (Å²) in [5, 5.41) is 0. The molecule has 1 saturated heterocycles. The van der Waals surface area contributed by atoms with Gasteiger partial charge >= 0.3 is 0 Å². The number of nitrogens with zero attached hydrogens (tertiary/aromatic N) is 2. The first kappa shape index (κ1) is 16.8. The molecule has 1 aromatic heterocycles. The van der Waals surface area contributed by atoms with E-state index in [0.29, 0.717) is 17.6 Å². The second-order valence-electron chi connectivity index (χ2n) is 4.60. The smallest absolute Gasteiger partial charge is 0.244 e. The van der Waals surface area contributed by atoms with Gasteiger partial charge < -0.3 is 5.73 Å². The predicted molar refractivity (Wildman–Crippen MR) is 79.7 cm³/mol. The van der Waals surface area contributed by atoms with Crippen LogP contribution in [0.25, 0.3) is 0 Å². The Bertz CT molecular complexity index is 540. The van der Waals surface area contributed by atoms with E-state index in [1.807, 2.05) is 6.92 Å². The van der Waals surface area contributed by atoms with Gasteiger partial charge in [0.15, 0.2) is 0 Å². The van der Waals surface area contributed by atoms with Gasteiger partial charge in [0.25, 0.3) is 0 Å². The van der Waals surface area contributed by atoms with Crippen LogP contribution in [0.2, 0.25) is 0 Å². The van der Waals surface area contributed by atoms with Gasteiger partial charge in [0.2, 0.25) is 10.0 Å². The van der Waals surface area contributed by atoms with E-state index in [1.165, 1.54) is 10.5 Å². The third kappa shape index (κ3) is 3.46. The molecule has 2 rings (SSSR count). The monoisotopic (exact) mass is 369 g/mol. The first-order chi connectivity index (χ1) is 8.45. The summed E-state index contributed by atoms with van der Waals surface area (Å²) in [7, 11) is -3.47. The Hall–Kier alpha value is -0.210. The van der Waals surface area contributed by atoms with Gasteiger partial charge in [0.1, 0.15) is 4.90 Å². The van der Waals surface area contributed by atoms with Crippen molar-refractivity contribution >= 4 is 38.4 Å². The molecule has 0 aliphatic carbocycles. The SMILES string of the molecule is CC1CC(CN)CN1S(=O)(=O)c1cncc(Br)c1.Cl. The van der Waals surface area contributed by atoms with Crippen molar-refractivity contribution in [3.63, 3.8) is 0 Å². The molecule has 0 radical (unpaired) electrons. The molecule has 1 fully saturated rings. The number of halogens is 2. The summed E-state index contributed by atoms with van der Waals surface area (Å²) in [6, 6.07) is 1.56. The van der Waals surface area contributed by atoms with E-state index in [4.69, 9.17) is 5.73 Å². The van der Waals surface area contributed by atoms with Crippen molar-refractivity contribution in [2.75, 3.05) is 13.1 Å². The van der Waals surface area contributed by atoms with Crippen LogP contribution < -0.4 is 5.73 Å². The van der Waals surface area contributed by atoms with Crippen molar-refractivity contribution in [1.29, 1.82) is 0 Å². The molecule has 2 atom stereocenters. The molecule has 2 unspecified atom stereocenters. The average molecular weight is 371 g/mol. The molecule has 0 bridgehead atoms. The molecule has 108 valence electrons. The third-order valence-corrected chi connectivity index (χ3v) is 5.60. The fourth-order valence-electron chi connectivity index (χ4n) is 2.28. The molecular weight excluding hydrogens is 354 g/mol. The van der Waals surface area contributed by atoms with E-state index in [-0.39, 0.29) is 29.3 Å². The van der Waals surface area contributed by atoms with Crippen LogP contribution in [0.15, 0.2) is 27.8 Å². The van der Waals surface area contributed by atoms with Crippen LogP contribution in [-0.4, -0.2) is 36.8 Å². The van der Waals surface area contributed by atoms with Gasteiger partial charge in [-0.25, -0.2) is 8.42 Å². The third-order valence-electron chi connectivity index (χ3n) is 3.22. The van der Waals surface area contributed by atoms with Crippen molar-refractivity contribution in [1.82, 2.24) is 9.29 Å². The summed E-state index contributed by atoms with van der Waals surface area (Å²) in [4.78, 5) is 4.13. The Morgan fingerprint density at radius 1 is 1.53 bits per heavy atom. The van der Waals surface area contributed by atoms with Gasteiger partial charge in [-0.05, 0) is 47.8 Å². The minimum Gasteiger partial charge on any atom is -0.330 e. The molecule has 2 N–H and O–H groups in total. The number of nitrogens with two attached hydrogens (primary N) is 1. The van der Waals surface area contributed by atoms with Crippen molar-refractivity contribution < 1.29 is 8.42 Å². The average Bonchev–Trinajstić information content (AvgIpc) is 2.71. The molecule has 5 nitrogen and oxygen atoms in total. The van der Waals surface area contributed by atoms with Crippen LogP contribution in [0, 0.1) is 5.92 Å². The number of hydrogen-bond donors (Lipinski definition) is 1. The quantitative estimate of drug-likeness (QED) is 0.877. The normalized spacial score (nSPS) is 24.2. The standard InChI is InChI=1S/C11H16BrN3O2S.ClH/c1-8-2-9(4-13)7-15(8)18(16,17)11-3-10(12)5-14-6-11;/h3,5-6,8-9H,2,4,7,13H2,1H3;1H. The summed E-state index contributed by atoms with van der Waals surface area (Å²) >= 11 is 3.24. The highest BCUT2D eigenvalue weighted by atomic mass is 79.9. The Labute approximate surface area is 128 Å². The topological polar surface area (TPSA) is 76.3 Å². The first-order valence-electron chi connectivity index (χ1n) is 5.77. The number of rotatable bonds is 3. The summed E-state index contributed by atoms with van der Waals surface area (Å²) < 4.78 is 27.1. The molecule has 0 saturated carbocycles. The Balaban J connectivity index is 0.00000180. The van der Waals surface area contributed by atoms with Gasteiger partial charge in [0, 0.05) is 29.5 Å². The lowest BCUT2D eigenvalue weighted by Gasteiger charge is -2.20. The predicted octanol–water partition coefficient (Wildman–Crippen LogP) is 1.62. The number of sulfonamides is 1. The van der Waals surface area contributed by atoms with Crippen molar-refractivity contribution in [2.24, 2.45) is 11.7 Å². The lowest BCUT2D eigenvalue weighted by atomic mass is 10.1. The number of aromatic nitrogens is 1. The highest BCUT2D eigenvalue weighted by Gasteiger charge is 2.37. The van der Waals surface area contributed by atoms with E-state index in [9.17, 15) is 8.42 Å². The van der Waals surface area contributed by atoms with E-state index in [0.717, 1.165) is 6.42 Å². The summed E-state index contributed by atoms with van der Waals surface area (Å²) in [5.41, 5.74) is 5.62. The van der Waals surface area contributed by atoms with Crippen LogP contribution in [-0.2, 0) is 10.0 Å². The van der Waals surface area contributed by atoms with Crippen molar-refractivity contribution in [2.45, 2.75) is 24.3 Å². The van der Waals surface area contributed by atoms with E-state index < -0.39 is 10.0 Å². The van der Waals surface area contributed by atoms with Crippen LogP contribution in [0.1, 0.15) is 13.3 Å². The maximum absolute atomic E-state index is 12.5. The van der Waals surface area contributed by atoms with E-state index in [1.54, 1.807) is 12.3 Å². The molecule has 19 heavy (non-hydrogen) atoms. The Morgan fingerprint density at radius 2 is 2.21 bits per heavy atom. The van der Waals surface area contributed by atoms with Crippen molar-refractivity contribution in [3.05, 3.63) is 22.9 Å². The van der Waals surface area contributed by atoms with Gasteiger partial charge in [-0.3, -0.25) is 4.98 Å². The van der Waals surface area contributed by atoms with E-state index in [2.05, 4.69) is 20.9 Å². The first-order valence-corrected chi connectivity index (χ1v) is 8.01. The zero-order valence-corrected chi connectivity index (χ0v) is 13.7. The highest BCUT2D eigenvalue weighted by Crippen LogP contribution is 2.29. The zero-order valence-electron chi connectivity index (χ0n) is 10.5. The molecule has 8 heteroatoms. The fraction of sp³-hybridized carbons (Fsp3) is 0.545. The van der Waals surface area contributed by atoms with Crippen LogP contribution in [0.4, 0.5) is 0 Å². The molecule has 1 aliphatic heterocycles. The van der Waals surface area contributed by atoms with Crippen LogP contribution in [0.3, 0.4) is 0 Å². The van der Waals surface area contributed by atoms with Gasteiger partial charge in [-0.2, -0.15) is 4.31 Å². The Morgan fingerprint density at radius 3 is 2.74 bits per heavy atom. The minimum absolute atomic E-state index is 0. The van der Waals surface area contributed by atoms with Gasteiger partial charge in [-0.1, -0.05) is 0 Å². The van der Waals surface area contributed by atoms with Crippen LogP contribution >= 0.6 is 28.3 Å². The molecule has 1 aliphatic rings. The molecule has 2 heterocycles. The molecular formula is C11H17BrClN3O2S. The van der Waals surface area contributed by atoms with Crippen LogP contribution in [0.5, 0.6) is 0 Å². The molecule has 0 amide bonds. The summed E-state index contributed by atoms with van der Waals surface area (Å²) in [6.07, 6.45) is 3.76. The second kappa shape index (κ2) is 6.49. The number of hydrogen-bond acceptors (Lipinski definition) is 4. The fourth-order valence-corrected chi connectivity index (χ4v) is 4.51. The molecule has 0 aromatic carbocycles. The molecule has 0 spiro atoms. The zero-order chi connectivity index (χ0) is 13.3. The Kier molecular flexibility index (Phi) is 5.76. The van der Waals surface area contributed by atoms with Crippen molar-refractivity contribution in [3.8, 4) is 0 Å². The molecule has 1 aromatic rings. The maximum atomic E-state index is 12.5.